The van der Waals surface area contributed by atoms with Crippen LogP contribution in [0.5, 0.6) is 5.75 Å². The molecule has 2 amide bonds. The maximum Gasteiger partial charge on any atom is 0.325 e. The molecule has 2 aromatic rings. The maximum atomic E-state index is 13.8. The van der Waals surface area contributed by atoms with Gasteiger partial charge in [0, 0.05) is 29.7 Å². The van der Waals surface area contributed by atoms with E-state index in [9.17, 15) is 18.8 Å². The molecule has 0 saturated carbocycles. The lowest BCUT2D eigenvalue weighted by molar-refractivity contribution is -0.150. The van der Waals surface area contributed by atoms with Crippen molar-refractivity contribution in [2.24, 2.45) is 0 Å². The zero-order valence-corrected chi connectivity index (χ0v) is 16.7. The third kappa shape index (κ3) is 6.46. The molecule has 0 radical (unpaired) electrons. The van der Waals surface area contributed by atoms with E-state index < -0.39 is 36.8 Å². The van der Waals surface area contributed by atoms with Crippen molar-refractivity contribution < 1.29 is 28.2 Å². The molecule has 7 nitrogen and oxygen atoms in total. The fraction of sp³-hybridized carbons (Fsp3) is 0.250. The third-order valence-corrected chi connectivity index (χ3v) is 4.34. The predicted octanol–water partition coefficient (Wildman–Crippen LogP) is 2.42. The SMILES string of the molecule is COc1ccc(C(=O)NCC(=O)OCC(=O)N(C)Cc2c(F)cccc2Cl)cc1. The number of hydrogen-bond donors (Lipinski definition) is 1. The van der Waals surface area contributed by atoms with E-state index in [1.54, 1.807) is 24.3 Å². The summed E-state index contributed by atoms with van der Waals surface area (Å²) in [7, 11) is 2.94. The molecule has 1 N–H and O–H groups in total. The lowest BCUT2D eigenvalue weighted by Crippen LogP contribution is -2.34. The van der Waals surface area contributed by atoms with Gasteiger partial charge in [-0.2, -0.15) is 0 Å². The molecule has 0 spiro atoms. The van der Waals surface area contributed by atoms with E-state index in [-0.39, 0.29) is 17.1 Å². The minimum atomic E-state index is -0.780. The van der Waals surface area contributed by atoms with E-state index in [1.165, 1.54) is 37.3 Å². The van der Waals surface area contributed by atoms with Crippen molar-refractivity contribution in [3.05, 3.63) is 64.4 Å². The number of hydrogen-bond acceptors (Lipinski definition) is 5. The molecule has 2 aromatic carbocycles. The summed E-state index contributed by atoms with van der Waals surface area (Å²) in [4.78, 5) is 37.0. The van der Waals surface area contributed by atoms with Gasteiger partial charge >= 0.3 is 5.97 Å². The summed E-state index contributed by atoms with van der Waals surface area (Å²) in [6, 6.07) is 10.5. The van der Waals surface area contributed by atoms with E-state index in [0.717, 1.165) is 0 Å². The summed E-state index contributed by atoms with van der Waals surface area (Å²) in [5.41, 5.74) is 0.513. The monoisotopic (exact) mass is 422 g/mol. The average molecular weight is 423 g/mol. The molecule has 2 rings (SSSR count). The van der Waals surface area contributed by atoms with Gasteiger partial charge in [0.2, 0.25) is 0 Å². The normalized spacial score (nSPS) is 10.2. The number of benzene rings is 2. The van der Waals surface area contributed by atoms with Crippen LogP contribution in [0.1, 0.15) is 15.9 Å². The van der Waals surface area contributed by atoms with Crippen LogP contribution in [0.25, 0.3) is 0 Å². The van der Waals surface area contributed by atoms with Crippen molar-refractivity contribution in [2.45, 2.75) is 6.54 Å². The Morgan fingerprint density at radius 3 is 2.45 bits per heavy atom. The molecule has 0 aliphatic heterocycles. The van der Waals surface area contributed by atoms with E-state index in [2.05, 4.69) is 5.32 Å². The number of nitrogens with one attached hydrogen (secondary N) is 1. The Kier molecular flexibility index (Phi) is 7.97. The molecule has 0 aromatic heterocycles. The van der Waals surface area contributed by atoms with Gasteiger partial charge in [-0.05, 0) is 36.4 Å². The molecule has 0 atom stereocenters. The maximum absolute atomic E-state index is 13.8. The van der Waals surface area contributed by atoms with E-state index in [4.69, 9.17) is 21.1 Å². The second-order valence-electron chi connectivity index (χ2n) is 6.02. The van der Waals surface area contributed by atoms with Crippen LogP contribution in [-0.2, 0) is 20.9 Å². The number of rotatable bonds is 8. The van der Waals surface area contributed by atoms with Crippen molar-refractivity contribution in [3.8, 4) is 5.75 Å². The van der Waals surface area contributed by atoms with Gasteiger partial charge in [0.05, 0.1) is 7.11 Å². The third-order valence-electron chi connectivity index (χ3n) is 3.98. The molecule has 0 heterocycles. The second kappa shape index (κ2) is 10.4. The summed E-state index contributed by atoms with van der Waals surface area (Å²) in [5, 5.41) is 2.59. The van der Waals surface area contributed by atoms with Crippen molar-refractivity contribution in [3.63, 3.8) is 0 Å². The Morgan fingerprint density at radius 1 is 1.14 bits per heavy atom. The fourth-order valence-electron chi connectivity index (χ4n) is 2.31. The first-order valence-electron chi connectivity index (χ1n) is 8.56. The van der Waals surface area contributed by atoms with Crippen LogP contribution in [0.3, 0.4) is 0 Å². The summed E-state index contributed by atoms with van der Waals surface area (Å²) in [6.45, 7) is -1.02. The van der Waals surface area contributed by atoms with Crippen LogP contribution >= 0.6 is 11.6 Å². The molecular formula is C20H20ClFN2O5. The minimum Gasteiger partial charge on any atom is -0.497 e. The molecule has 0 aliphatic carbocycles. The van der Waals surface area contributed by atoms with Crippen LogP contribution < -0.4 is 10.1 Å². The van der Waals surface area contributed by atoms with Crippen LogP contribution in [0.15, 0.2) is 42.5 Å². The van der Waals surface area contributed by atoms with Gasteiger partial charge in [-0.3, -0.25) is 14.4 Å². The summed E-state index contributed by atoms with van der Waals surface area (Å²) in [6.07, 6.45) is 0. The number of carbonyl (C=O) groups excluding carboxylic acids is 3. The van der Waals surface area contributed by atoms with Crippen LogP contribution in [0.2, 0.25) is 5.02 Å². The van der Waals surface area contributed by atoms with Gasteiger partial charge in [0.1, 0.15) is 18.1 Å². The zero-order valence-electron chi connectivity index (χ0n) is 15.9. The molecule has 0 saturated heterocycles. The predicted molar refractivity (Wildman–Crippen MR) is 104 cm³/mol. The number of methoxy groups -OCH3 is 1. The standard InChI is InChI=1S/C20H20ClFN2O5/c1-24(11-15-16(21)4-3-5-17(15)22)18(25)12-29-19(26)10-23-20(27)13-6-8-14(28-2)9-7-13/h3-9H,10-12H2,1-2H3,(H,23,27). The van der Waals surface area contributed by atoms with Gasteiger partial charge in [0.25, 0.3) is 11.8 Å². The van der Waals surface area contributed by atoms with Gasteiger partial charge in [-0.1, -0.05) is 17.7 Å². The number of amides is 2. The Morgan fingerprint density at radius 2 is 1.83 bits per heavy atom. The van der Waals surface area contributed by atoms with Gasteiger partial charge < -0.3 is 19.7 Å². The van der Waals surface area contributed by atoms with Gasteiger partial charge in [-0.15, -0.1) is 0 Å². The first kappa shape index (κ1) is 22.2. The van der Waals surface area contributed by atoms with Crippen LogP contribution in [0.4, 0.5) is 4.39 Å². The zero-order chi connectivity index (χ0) is 21.4. The highest BCUT2D eigenvalue weighted by molar-refractivity contribution is 6.31. The largest absolute Gasteiger partial charge is 0.497 e. The van der Waals surface area contributed by atoms with Crippen molar-refractivity contribution in [1.82, 2.24) is 10.2 Å². The topological polar surface area (TPSA) is 84.9 Å². The quantitative estimate of drug-likeness (QED) is 0.660. The number of likely N-dealkylation sites (N-methyl/N-ethyl adjacent to an activating group) is 1. The fourth-order valence-corrected chi connectivity index (χ4v) is 2.53. The Hall–Kier alpha value is -3.13. The molecule has 0 bridgehead atoms. The first-order valence-corrected chi connectivity index (χ1v) is 8.94. The average Bonchev–Trinajstić information content (AvgIpc) is 2.72. The van der Waals surface area contributed by atoms with Gasteiger partial charge in [-0.25, -0.2) is 4.39 Å². The minimum absolute atomic E-state index is 0.0733. The first-order chi connectivity index (χ1) is 13.8. The highest BCUT2D eigenvalue weighted by Gasteiger charge is 2.16. The molecule has 29 heavy (non-hydrogen) atoms. The molecule has 154 valence electrons. The summed E-state index contributed by atoms with van der Waals surface area (Å²) >= 11 is 5.93. The number of nitrogens with zero attached hydrogens (tertiary/aromatic N) is 1. The van der Waals surface area contributed by atoms with E-state index >= 15 is 0 Å². The molecule has 0 aliphatic rings. The molecule has 0 unspecified atom stereocenters. The van der Waals surface area contributed by atoms with Crippen molar-refractivity contribution in [2.75, 3.05) is 27.3 Å². The van der Waals surface area contributed by atoms with Gasteiger partial charge in [0.15, 0.2) is 6.61 Å². The number of carbonyl (C=O) groups is 3. The highest BCUT2D eigenvalue weighted by atomic mass is 35.5. The number of ether oxygens (including phenoxy) is 2. The van der Waals surface area contributed by atoms with E-state index in [0.29, 0.717) is 11.3 Å². The molecular weight excluding hydrogens is 403 g/mol. The van der Waals surface area contributed by atoms with E-state index in [1.807, 2.05) is 0 Å². The summed E-state index contributed by atoms with van der Waals surface area (Å²) < 4.78 is 23.6. The summed E-state index contributed by atoms with van der Waals surface area (Å²) in [5.74, 6) is -1.73. The lowest BCUT2D eigenvalue weighted by atomic mass is 10.2. The smallest absolute Gasteiger partial charge is 0.325 e. The Labute approximate surface area is 172 Å². The number of halogens is 2. The lowest BCUT2D eigenvalue weighted by Gasteiger charge is -2.18. The van der Waals surface area contributed by atoms with Crippen molar-refractivity contribution in [1.29, 1.82) is 0 Å². The number of esters is 1. The van der Waals surface area contributed by atoms with Crippen molar-refractivity contribution >= 4 is 29.4 Å². The molecule has 0 fully saturated rings. The molecule has 9 heteroatoms. The Bertz CT molecular complexity index is 869. The van der Waals surface area contributed by atoms with Crippen LogP contribution in [-0.4, -0.2) is 50.0 Å². The van der Waals surface area contributed by atoms with Crippen LogP contribution in [0, 0.1) is 5.82 Å². The second-order valence-corrected chi connectivity index (χ2v) is 6.43. The highest BCUT2D eigenvalue weighted by Crippen LogP contribution is 2.20. The Balaban J connectivity index is 1.77.